The molecule has 7 heteroatoms. The maximum atomic E-state index is 12.4. The van der Waals surface area contributed by atoms with E-state index in [0.717, 1.165) is 17.8 Å². The van der Waals surface area contributed by atoms with Crippen molar-refractivity contribution in [3.63, 3.8) is 0 Å². The molecule has 0 unspecified atom stereocenters. The molecule has 5 rings (SSSR count). The van der Waals surface area contributed by atoms with E-state index in [1.54, 1.807) is 6.92 Å². The zero-order valence-electron chi connectivity index (χ0n) is 17.0. The molecule has 156 valence electrons. The molecule has 1 amide bonds. The van der Waals surface area contributed by atoms with Crippen LogP contribution in [0.1, 0.15) is 61.4 Å². The van der Waals surface area contributed by atoms with E-state index in [9.17, 15) is 19.7 Å². The number of benzene rings is 1. The molecule has 1 atom stereocenters. The molecule has 4 bridgehead atoms. The van der Waals surface area contributed by atoms with Crippen molar-refractivity contribution in [3.8, 4) is 0 Å². The Kier molecular flexibility index (Phi) is 5.09. The largest absolute Gasteiger partial charge is 0.452 e. The maximum Gasteiger partial charge on any atom is 0.338 e. The first kappa shape index (κ1) is 19.9. The second-order valence-corrected chi connectivity index (χ2v) is 9.40. The second-order valence-electron chi connectivity index (χ2n) is 9.40. The van der Waals surface area contributed by atoms with Crippen LogP contribution in [0.15, 0.2) is 18.2 Å². The van der Waals surface area contributed by atoms with E-state index < -0.39 is 10.9 Å². The highest BCUT2D eigenvalue weighted by molar-refractivity contribution is 5.92. The standard InChI is InChI=1S/C22H28N2O5/c1-13-3-4-18(8-19(13)24(27)28)21(26)29-12-20(25)23-14(2)22-9-15-5-16(10-22)7-17(6-15)11-22/h3-4,8,14-17H,5-7,9-12H2,1-2H3,(H,23,25)/t14-,15?,16?,17?,22?/m1/s1. The molecule has 4 aliphatic rings. The van der Waals surface area contributed by atoms with Gasteiger partial charge in [0, 0.05) is 17.7 Å². The first-order chi connectivity index (χ1) is 13.8. The number of hydrogen-bond acceptors (Lipinski definition) is 5. The predicted molar refractivity (Wildman–Crippen MR) is 106 cm³/mol. The van der Waals surface area contributed by atoms with Crippen molar-refractivity contribution in [1.29, 1.82) is 0 Å². The van der Waals surface area contributed by atoms with Gasteiger partial charge in [-0.05, 0) is 81.6 Å². The molecule has 4 saturated carbocycles. The van der Waals surface area contributed by atoms with Gasteiger partial charge in [0.2, 0.25) is 0 Å². The summed E-state index contributed by atoms with van der Waals surface area (Å²) in [5.74, 6) is 1.36. The molecule has 0 radical (unpaired) electrons. The maximum absolute atomic E-state index is 12.4. The first-order valence-electron chi connectivity index (χ1n) is 10.5. The zero-order valence-corrected chi connectivity index (χ0v) is 17.0. The molecular formula is C22H28N2O5. The molecule has 0 saturated heterocycles. The number of carbonyl (C=O) groups excluding carboxylic acids is 2. The lowest BCUT2D eigenvalue weighted by molar-refractivity contribution is -0.385. The van der Waals surface area contributed by atoms with E-state index in [0.29, 0.717) is 5.56 Å². The lowest BCUT2D eigenvalue weighted by atomic mass is 9.48. The molecular weight excluding hydrogens is 372 g/mol. The Morgan fingerprint density at radius 3 is 2.34 bits per heavy atom. The number of carbonyl (C=O) groups is 2. The van der Waals surface area contributed by atoms with Crippen molar-refractivity contribution in [2.24, 2.45) is 23.2 Å². The van der Waals surface area contributed by atoms with Gasteiger partial charge in [0.15, 0.2) is 6.61 Å². The number of nitro groups is 1. The van der Waals surface area contributed by atoms with Gasteiger partial charge in [-0.3, -0.25) is 14.9 Å². The molecule has 0 aliphatic heterocycles. The Morgan fingerprint density at radius 1 is 1.21 bits per heavy atom. The number of esters is 1. The molecule has 1 aromatic rings. The Labute approximate surface area is 170 Å². The van der Waals surface area contributed by atoms with Crippen LogP contribution in [0.2, 0.25) is 0 Å². The van der Waals surface area contributed by atoms with Crippen LogP contribution < -0.4 is 5.32 Å². The summed E-state index contributed by atoms with van der Waals surface area (Å²) in [5.41, 5.74) is 0.587. The fourth-order valence-electron chi connectivity index (χ4n) is 6.29. The third kappa shape index (κ3) is 3.87. The van der Waals surface area contributed by atoms with Crippen LogP contribution in [0, 0.1) is 40.2 Å². The van der Waals surface area contributed by atoms with E-state index >= 15 is 0 Å². The van der Waals surface area contributed by atoms with Crippen molar-refractivity contribution >= 4 is 17.6 Å². The van der Waals surface area contributed by atoms with Gasteiger partial charge in [-0.25, -0.2) is 4.79 Å². The summed E-state index contributed by atoms with van der Waals surface area (Å²) < 4.78 is 5.11. The quantitative estimate of drug-likeness (QED) is 0.445. The van der Waals surface area contributed by atoms with Crippen LogP contribution in [0.5, 0.6) is 0 Å². The summed E-state index contributed by atoms with van der Waals surface area (Å²) in [6.07, 6.45) is 7.61. The summed E-state index contributed by atoms with van der Waals surface area (Å²) in [5, 5.41) is 14.1. The molecule has 7 nitrogen and oxygen atoms in total. The summed E-state index contributed by atoms with van der Waals surface area (Å²) in [4.78, 5) is 35.1. The minimum Gasteiger partial charge on any atom is -0.452 e. The lowest BCUT2D eigenvalue weighted by Gasteiger charge is -2.59. The van der Waals surface area contributed by atoms with Crippen LogP contribution in [-0.2, 0) is 9.53 Å². The van der Waals surface area contributed by atoms with Crippen LogP contribution in [0.3, 0.4) is 0 Å². The topological polar surface area (TPSA) is 98.5 Å². The number of aryl methyl sites for hydroxylation is 1. The van der Waals surface area contributed by atoms with Crippen LogP contribution in [0.4, 0.5) is 5.69 Å². The average Bonchev–Trinajstić information content (AvgIpc) is 2.65. The molecule has 1 aromatic carbocycles. The first-order valence-corrected chi connectivity index (χ1v) is 10.5. The Balaban J connectivity index is 1.33. The van der Waals surface area contributed by atoms with Gasteiger partial charge in [0.1, 0.15) is 0 Å². The van der Waals surface area contributed by atoms with Gasteiger partial charge >= 0.3 is 5.97 Å². The zero-order chi connectivity index (χ0) is 20.8. The Hall–Kier alpha value is -2.44. The lowest BCUT2D eigenvalue weighted by Crippen LogP contribution is -2.56. The normalized spacial score (nSPS) is 30.6. The van der Waals surface area contributed by atoms with E-state index in [-0.39, 0.29) is 35.2 Å². The van der Waals surface area contributed by atoms with E-state index in [1.165, 1.54) is 56.7 Å². The highest BCUT2D eigenvalue weighted by Gasteiger charge is 2.53. The SMILES string of the molecule is Cc1ccc(C(=O)OCC(=O)N[C@H](C)C23CC4CC(CC(C4)C2)C3)cc1[N+](=O)[O-]. The summed E-state index contributed by atoms with van der Waals surface area (Å²) in [7, 11) is 0. The van der Waals surface area contributed by atoms with Crippen molar-refractivity contribution in [1.82, 2.24) is 5.32 Å². The van der Waals surface area contributed by atoms with Gasteiger partial charge in [0.25, 0.3) is 11.6 Å². The molecule has 4 fully saturated rings. The van der Waals surface area contributed by atoms with Gasteiger partial charge < -0.3 is 10.1 Å². The van der Waals surface area contributed by atoms with E-state index in [1.807, 2.05) is 0 Å². The molecule has 29 heavy (non-hydrogen) atoms. The average molecular weight is 400 g/mol. The van der Waals surface area contributed by atoms with Crippen LogP contribution in [-0.4, -0.2) is 29.4 Å². The van der Waals surface area contributed by atoms with E-state index in [2.05, 4.69) is 12.2 Å². The van der Waals surface area contributed by atoms with Crippen molar-refractivity contribution in [2.75, 3.05) is 6.61 Å². The van der Waals surface area contributed by atoms with Gasteiger partial charge in [-0.1, -0.05) is 6.07 Å². The molecule has 0 aromatic heterocycles. The monoisotopic (exact) mass is 400 g/mol. The highest BCUT2D eigenvalue weighted by atomic mass is 16.6. The molecule has 4 aliphatic carbocycles. The summed E-state index contributed by atoms with van der Waals surface area (Å²) in [6, 6.07) is 4.22. The molecule has 0 heterocycles. The predicted octanol–water partition coefficient (Wildman–Crippen LogP) is 3.78. The number of hydrogen-bond donors (Lipinski definition) is 1. The number of amides is 1. The summed E-state index contributed by atoms with van der Waals surface area (Å²) >= 11 is 0. The minimum absolute atomic E-state index is 0.0579. The number of nitro benzene ring substituents is 1. The van der Waals surface area contributed by atoms with Crippen LogP contribution in [0.25, 0.3) is 0 Å². The Morgan fingerprint density at radius 2 is 1.79 bits per heavy atom. The van der Waals surface area contributed by atoms with Crippen molar-refractivity contribution < 1.29 is 19.2 Å². The smallest absolute Gasteiger partial charge is 0.338 e. The molecule has 0 spiro atoms. The van der Waals surface area contributed by atoms with E-state index in [4.69, 9.17) is 4.74 Å². The minimum atomic E-state index is -0.731. The van der Waals surface area contributed by atoms with Gasteiger partial charge in [-0.2, -0.15) is 0 Å². The summed E-state index contributed by atoms with van der Waals surface area (Å²) in [6.45, 7) is 3.31. The third-order valence-electron chi connectivity index (χ3n) is 7.36. The van der Waals surface area contributed by atoms with Gasteiger partial charge in [0.05, 0.1) is 10.5 Å². The Bertz CT molecular complexity index is 814. The van der Waals surface area contributed by atoms with Crippen molar-refractivity contribution in [2.45, 2.75) is 58.4 Å². The van der Waals surface area contributed by atoms with Gasteiger partial charge in [-0.15, -0.1) is 0 Å². The highest BCUT2D eigenvalue weighted by Crippen LogP contribution is 2.61. The molecule has 1 N–H and O–H groups in total. The fraction of sp³-hybridized carbons (Fsp3) is 0.636. The number of nitrogens with one attached hydrogen (secondary N) is 1. The third-order valence-corrected chi connectivity index (χ3v) is 7.36. The van der Waals surface area contributed by atoms with Crippen molar-refractivity contribution in [3.05, 3.63) is 39.4 Å². The number of ether oxygens (including phenoxy) is 1. The number of rotatable bonds is 6. The fourth-order valence-corrected chi connectivity index (χ4v) is 6.29. The number of nitrogens with zero attached hydrogens (tertiary/aromatic N) is 1. The second kappa shape index (κ2) is 7.43. The van der Waals surface area contributed by atoms with Crippen LogP contribution >= 0.6 is 0 Å².